The molecule has 1 saturated heterocycles. The number of urea groups is 1. The summed E-state index contributed by atoms with van der Waals surface area (Å²) in [6.07, 6.45) is 6.85. The molecule has 25 heavy (non-hydrogen) atoms. The molecular formula is C18H25N5O2. The van der Waals surface area contributed by atoms with Crippen LogP contribution in [0.3, 0.4) is 0 Å². The van der Waals surface area contributed by atoms with Crippen LogP contribution in [0.15, 0.2) is 30.6 Å². The maximum Gasteiger partial charge on any atom is 0.317 e. The van der Waals surface area contributed by atoms with Gasteiger partial charge in [0.25, 0.3) is 0 Å². The minimum Gasteiger partial charge on any atom is -0.481 e. The van der Waals surface area contributed by atoms with E-state index in [0.717, 1.165) is 43.9 Å². The molecule has 2 aromatic rings. The van der Waals surface area contributed by atoms with Gasteiger partial charge in [0.05, 0.1) is 19.3 Å². The molecule has 1 fully saturated rings. The van der Waals surface area contributed by atoms with E-state index in [-0.39, 0.29) is 6.03 Å². The maximum absolute atomic E-state index is 12.5. The van der Waals surface area contributed by atoms with Crippen LogP contribution in [0.2, 0.25) is 0 Å². The Bertz CT molecular complexity index is 715. The molecule has 0 radical (unpaired) electrons. The van der Waals surface area contributed by atoms with Crippen LogP contribution in [0, 0.1) is 5.92 Å². The number of rotatable bonds is 5. The number of methoxy groups -OCH3 is 1. The van der Waals surface area contributed by atoms with E-state index in [1.54, 1.807) is 13.2 Å². The first-order valence-electron chi connectivity index (χ1n) is 8.64. The molecule has 2 aromatic heterocycles. The third kappa shape index (κ3) is 4.49. The van der Waals surface area contributed by atoms with E-state index >= 15 is 0 Å². The molecule has 7 heteroatoms. The Morgan fingerprint density at radius 1 is 1.44 bits per heavy atom. The fourth-order valence-corrected chi connectivity index (χ4v) is 3.22. The second-order valence-corrected chi connectivity index (χ2v) is 6.44. The van der Waals surface area contributed by atoms with Crippen molar-refractivity contribution in [2.24, 2.45) is 13.0 Å². The fourth-order valence-electron chi connectivity index (χ4n) is 3.22. The second kappa shape index (κ2) is 8.00. The lowest BCUT2D eigenvalue weighted by atomic mass is 9.94. The zero-order chi connectivity index (χ0) is 17.6. The number of hydrogen-bond acceptors (Lipinski definition) is 4. The number of hydrogen-bond donors (Lipinski definition) is 1. The van der Waals surface area contributed by atoms with Crippen molar-refractivity contribution in [1.29, 1.82) is 0 Å². The number of carbonyl (C=O) groups excluding carboxylic acids is 1. The molecule has 3 heterocycles. The zero-order valence-electron chi connectivity index (χ0n) is 14.8. The number of imidazole rings is 1. The first-order valence-corrected chi connectivity index (χ1v) is 8.64. The zero-order valence-corrected chi connectivity index (χ0v) is 14.8. The summed E-state index contributed by atoms with van der Waals surface area (Å²) >= 11 is 0. The Hall–Kier alpha value is -2.57. The SMILES string of the molecule is COc1cccc(CNC(=O)N2CCCC(Cc3nccn3C)C2)n1. The van der Waals surface area contributed by atoms with Crippen molar-refractivity contribution in [2.45, 2.75) is 25.8 Å². The van der Waals surface area contributed by atoms with E-state index in [2.05, 4.69) is 15.3 Å². The van der Waals surface area contributed by atoms with E-state index in [0.29, 0.717) is 18.3 Å². The minimum atomic E-state index is -0.0332. The quantitative estimate of drug-likeness (QED) is 0.901. The Kier molecular flexibility index (Phi) is 5.53. The lowest BCUT2D eigenvalue weighted by molar-refractivity contribution is 0.164. The average Bonchev–Trinajstić information content (AvgIpc) is 3.05. The molecule has 1 aliphatic heterocycles. The predicted octanol–water partition coefficient (Wildman–Crippen LogP) is 1.99. The number of aryl methyl sites for hydroxylation is 1. The van der Waals surface area contributed by atoms with E-state index in [1.165, 1.54) is 0 Å². The number of piperidine rings is 1. The average molecular weight is 343 g/mol. The van der Waals surface area contributed by atoms with Gasteiger partial charge < -0.3 is 19.5 Å². The number of carbonyl (C=O) groups is 1. The number of amides is 2. The summed E-state index contributed by atoms with van der Waals surface area (Å²) in [5.41, 5.74) is 0.786. The van der Waals surface area contributed by atoms with Crippen LogP contribution in [-0.2, 0) is 20.0 Å². The summed E-state index contributed by atoms with van der Waals surface area (Å²) in [5.74, 6) is 2.09. The predicted molar refractivity (Wildman–Crippen MR) is 94.2 cm³/mol. The highest BCUT2D eigenvalue weighted by molar-refractivity contribution is 5.74. The molecule has 1 aliphatic rings. The van der Waals surface area contributed by atoms with Crippen molar-refractivity contribution in [3.63, 3.8) is 0 Å². The van der Waals surface area contributed by atoms with Crippen LogP contribution < -0.4 is 10.1 Å². The van der Waals surface area contributed by atoms with Gasteiger partial charge in [-0.3, -0.25) is 0 Å². The van der Waals surface area contributed by atoms with Gasteiger partial charge in [0.15, 0.2) is 0 Å². The first kappa shape index (κ1) is 17.3. The van der Waals surface area contributed by atoms with Crippen molar-refractivity contribution in [1.82, 2.24) is 24.8 Å². The topological polar surface area (TPSA) is 72.3 Å². The van der Waals surface area contributed by atoms with Crippen LogP contribution in [0.4, 0.5) is 4.79 Å². The Morgan fingerprint density at radius 2 is 2.32 bits per heavy atom. The van der Waals surface area contributed by atoms with Gasteiger partial charge in [0.2, 0.25) is 5.88 Å². The van der Waals surface area contributed by atoms with Crippen LogP contribution in [0.25, 0.3) is 0 Å². The molecule has 1 N–H and O–H groups in total. The van der Waals surface area contributed by atoms with Gasteiger partial charge in [-0.05, 0) is 24.8 Å². The van der Waals surface area contributed by atoms with E-state index in [1.807, 2.05) is 41.0 Å². The first-order chi connectivity index (χ1) is 12.2. The summed E-state index contributed by atoms with van der Waals surface area (Å²) in [5, 5.41) is 2.96. The summed E-state index contributed by atoms with van der Waals surface area (Å²) in [4.78, 5) is 23.1. The Balaban J connectivity index is 1.52. The summed E-state index contributed by atoms with van der Waals surface area (Å²) in [6, 6.07) is 5.51. The molecule has 1 atom stereocenters. The number of nitrogens with zero attached hydrogens (tertiary/aromatic N) is 4. The van der Waals surface area contributed by atoms with Gasteiger partial charge in [-0.25, -0.2) is 14.8 Å². The van der Waals surface area contributed by atoms with E-state index in [9.17, 15) is 4.79 Å². The van der Waals surface area contributed by atoms with Gasteiger partial charge in [0.1, 0.15) is 5.82 Å². The standard InChI is InChI=1S/C18H25N5O2/c1-22-10-8-19-16(22)11-14-5-4-9-23(13-14)18(24)20-12-15-6-3-7-17(21-15)25-2/h3,6-8,10,14H,4-5,9,11-13H2,1-2H3,(H,20,24). The smallest absolute Gasteiger partial charge is 0.317 e. The summed E-state index contributed by atoms with van der Waals surface area (Å²) < 4.78 is 7.16. The largest absolute Gasteiger partial charge is 0.481 e. The molecule has 134 valence electrons. The highest BCUT2D eigenvalue weighted by atomic mass is 16.5. The van der Waals surface area contributed by atoms with Gasteiger partial charge in [0, 0.05) is 45.0 Å². The normalized spacial score (nSPS) is 17.4. The second-order valence-electron chi connectivity index (χ2n) is 6.44. The monoisotopic (exact) mass is 343 g/mol. The van der Waals surface area contributed by atoms with Crippen LogP contribution >= 0.6 is 0 Å². The third-order valence-corrected chi connectivity index (χ3v) is 4.61. The van der Waals surface area contributed by atoms with Gasteiger partial charge >= 0.3 is 6.03 Å². The highest BCUT2D eigenvalue weighted by Gasteiger charge is 2.24. The number of ether oxygens (including phenoxy) is 1. The van der Waals surface area contributed by atoms with Crippen molar-refractivity contribution in [2.75, 3.05) is 20.2 Å². The summed E-state index contributed by atoms with van der Waals surface area (Å²) in [6.45, 7) is 1.97. The Morgan fingerprint density at radius 3 is 3.08 bits per heavy atom. The molecule has 2 amide bonds. The molecule has 0 saturated carbocycles. The van der Waals surface area contributed by atoms with Gasteiger partial charge in [-0.2, -0.15) is 0 Å². The van der Waals surface area contributed by atoms with E-state index in [4.69, 9.17) is 4.74 Å². The van der Waals surface area contributed by atoms with Crippen LogP contribution in [0.1, 0.15) is 24.4 Å². The number of likely N-dealkylation sites (tertiary alicyclic amines) is 1. The van der Waals surface area contributed by atoms with Crippen molar-refractivity contribution >= 4 is 6.03 Å². The molecular weight excluding hydrogens is 318 g/mol. The molecule has 7 nitrogen and oxygen atoms in total. The minimum absolute atomic E-state index is 0.0332. The molecule has 0 spiro atoms. The number of nitrogens with one attached hydrogen (secondary N) is 1. The van der Waals surface area contributed by atoms with Crippen LogP contribution in [-0.4, -0.2) is 45.7 Å². The van der Waals surface area contributed by atoms with Crippen LogP contribution in [0.5, 0.6) is 5.88 Å². The lowest BCUT2D eigenvalue weighted by Crippen LogP contribution is -2.45. The van der Waals surface area contributed by atoms with Crippen molar-refractivity contribution in [3.8, 4) is 5.88 Å². The van der Waals surface area contributed by atoms with Gasteiger partial charge in [-0.15, -0.1) is 0 Å². The summed E-state index contributed by atoms with van der Waals surface area (Å²) in [7, 11) is 3.59. The fraction of sp³-hybridized carbons (Fsp3) is 0.500. The van der Waals surface area contributed by atoms with Crippen molar-refractivity contribution in [3.05, 3.63) is 42.1 Å². The third-order valence-electron chi connectivity index (χ3n) is 4.61. The lowest BCUT2D eigenvalue weighted by Gasteiger charge is -2.32. The molecule has 3 rings (SSSR count). The highest BCUT2D eigenvalue weighted by Crippen LogP contribution is 2.20. The molecule has 0 bridgehead atoms. The maximum atomic E-state index is 12.5. The molecule has 0 aliphatic carbocycles. The Labute approximate surface area is 148 Å². The van der Waals surface area contributed by atoms with Gasteiger partial charge in [-0.1, -0.05) is 6.07 Å². The molecule has 1 unspecified atom stereocenters. The molecule has 0 aromatic carbocycles. The van der Waals surface area contributed by atoms with E-state index < -0.39 is 0 Å². The van der Waals surface area contributed by atoms with Crippen molar-refractivity contribution < 1.29 is 9.53 Å². The number of aromatic nitrogens is 3. The number of pyridine rings is 1.